The number of hydrogen-bond acceptors (Lipinski definition) is 3. The van der Waals surface area contributed by atoms with Gasteiger partial charge in [0, 0.05) is 11.4 Å². The van der Waals surface area contributed by atoms with E-state index < -0.39 is 0 Å². The molecule has 2 rings (SSSR count). The fraction of sp³-hybridized carbons (Fsp3) is 0.412. The maximum atomic E-state index is 12.7. The van der Waals surface area contributed by atoms with E-state index in [1.54, 1.807) is 12.5 Å². The van der Waals surface area contributed by atoms with Crippen LogP contribution in [0.25, 0.3) is 0 Å². The summed E-state index contributed by atoms with van der Waals surface area (Å²) in [5.41, 5.74) is 1.01. The molecule has 0 saturated carbocycles. The first-order valence-corrected chi connectivity index (χ1v) is 8.37. The van der Waals surface area contributed by atoms with Crippen molar-refractivity contribution >= 4 is 36.5 Å². The summed E-state index contributed by atoms with van der Waals surface area (Å²) in [6.45, 7) is 4.00. The van der Waals surface area contributed by atoms with Crippen LogP contribution < -0.4 is 0 Å². The van der Waals surface area contributed by atoms with E-state index in [-0.39, 0.29) is 21.7 Å². The molecule has 0 fully saturated rings. The highest BCUT2D eigenvalue weighted by atomic mass is 35.5. The Morgan fingerprint density at radius 1 is 1.45 bits per heavy atom. The highest BCUT2D eigenvalue weighted by Gasteiger charge is 2.46. The van der Waals surface area contributed by atoms with Gasteiger partial charge >= 0.3 is 5.91 Å². The molecule has 3 atom stereocenters. The van der Waals surface area contributed by atoms with Gasteiger partial charge in [-0.2, -0.15) is 17.1 Å². The Balaban J connectivity index is 2.37. The first kappa shape index (κ1) is 17.3. The fourth-order valence-corrected chi connectivity index (χ4v) is 3.27. The van der Waals surface area contributed by atoms with Gasteiger partial charge in [-0.15, -0.1) is 0 Å². The van der Waals surface area contributed by atoms with Gasteiger partial charge in [0.2, 0.25) is 12.5 Å². The van der Waals surface area contributed by atoms with Crippen molar-refractivity contribution in [2.75, 3.05) is 0 Å². The standard InChI is InChI=1S/C17H21ClN2OS/c1-3-6-17(21)20(10-9-19-12-20)16(13(2)22)11-14-7-4-5-8-15(14)18/h4-5,7-9,12-13,16,22H,3,6,11H2,1-2H3/q+1. The molecule has 117 valence electrons. The van der Waals surface area contributed by atoms with Crippen LogP contribution in [0.2, 0.25) is 5.02 Å². The SMILES string of the molecule is CCCC(=O)[N+]1(C(Cc2ccccc2Cl)C(C)S)[C]=CN=C1. The molecule has 1 heterocycles. The first-order chi connectivity index (χ1) is 10.5. The molecule has 5 heteroatoms. The Morgan fingerprint density at radius 3 is 2.73 bits per heavy atom. The van der Waals surface area contributed by atoms with E-state index in [1.807, 2.05) is 38.1 Å². The van der Waals surface area contributed by atoms with E-state index >= 15 is 0 Å². The van der Waals surface area contributed by atoms with E-state index in [9.17, 15) is 4.79 Å². The fourth-order valence-electron chi connectivity index (χ4n) is 2.75. The lowest BCUT2D eigenvalue weighted by Crippen LogP contribution is -2.57. The largest absolute Gasteiger partial charge is 0.325 e. The molecule has 1 aromatic rings. The number of amides is 1. The molecule has 3 unspecified atom stereocenters. The predicted molar refractivity (Wildman–Crippen MR) is 93.9 cm³/mol. The molecular formula is C17H21ClN2OS+. The lowest BCUT2D eigenvalue weighted by molar-refractivity contribution is -0.741. The van der Waals surface area contributed by atoms with Crippen LogP contribution in [0.5, 0.6) is 0 Å². The normalized spacial score (nSPS) is 22.7. The summed E-state index contributed by atoms with van der Waals surface area (Å²) < 4.78 is 0.00370. The molecule has 0 aliphatic carbocycles. The maximum Gasteiger partial charge on any atom is 0.325 e. The Kier molecular flexibility index (Phi) is 5.84. The summed E-state index contributed by atoms with van der Waals surface area (Å²) >= 11 is 10.9. The average molecular weight is 337 g/mol. The number of hydrogen-bond donors (Lipinski definition) is 1. The van der Waals surface area contributed by atoms with Gasteiger partial charge in [-0.05, 0) is 25.0 Å². The quantitative estimate of drug-likeness (QED) is 0.617. The Morgan fingerprint density at radius 2 is 2.18 bits per heavy atom. The van der Waals surface area contributed by atoms with Crippen LogP contribution in [-0.4, -0.2) is 28.0 Å². The molecule has 3 nitrogen and oxygen atoms in total. The Bertz CT molecular complexity index is 586. The minimum absolute atomic E-state index is 0.00370. The summed E-state index contributed by atoms with van der Waals surface area (Å²) in [7, 11) is 0. The monoisotopic (exact) mass is 336 g/mol. The molecule has 0 N–H and O–H groups in total. The summed E-state index contributed by atoms with van der Waals surface area (Å²) in [5.74, 6) is 0.0953. The van der Waals surface area contributed by atoms with Crippen molar-refractivity contribution in [2.24, 2.45) is 4.99 Å². The van der Waals surface area contributed by atoms with Gasteiger partial charge in [-0.25, -0.2) is 9.79 Å². The van der Waals surface area contributed by atoms with Crippen molar-refractivity contribution in [3.63, 3.8) is 0 Å². The molecule has 1 radical (unpaired) electrons. The molecule has 1 amide bonds. The second kappa shape index (κ2) is 7.44. The third kappa shape index (κ3) is 3.45. The third-order valence-corrected chi connectivity index (χ3v) is 4.65. The molecule has 1 aliphatic rings. The lowest BCUT2D eigenvalue weighted by Gasteiger charge is -2.35. The Hall–Kier alpha value is -1.10. The van der Waals surface area contributed by atoms with Gasteiger partial charge in [0.15, 0.2) is 0 Å². The van der Waals surface area contributed by atoms with Crippen LogP contribution >= 0.6 is 24.2 Å². The molecule has 1 aromatic carbocycles. The van der Waals surface area contributed by atoms with E-state index in [0.717, 1.165) is 12.0 Å². The topological polar surface area (TPSA) is 29.4 Å². The second-order valence-corrected chi connectivity index (χ2v) is 6.77. The zero-order valence-corrected chi connectivity index (χ0v) is 14.5. The smallest absolute Gasteiger partial charge is 0.230 e. The number of rotatable bonds is 6. The summed E-state index contributed by atoms with van der Waals surface area (Å²) in [4.78, 5) is 16.9. The van der Waals surface area contributed by atoms with Crippen LogP contribution in [0.3, 0.4) is 0 Å². The number of carbonyl (C=O) groups excluding carboxylic acids is 1. The van der Waals surface area contributed by atoms with E-state index in [1.165, 1.54) is 0 Å². The van der Waals surface area contributed by atoms with Crippen molar-refractivity contribution in [2.45, 2.75) is 44.4 Å². The average Bonchev–Trinajstić information content (AvgIpc) is 2.97. The first-order valence-electron chi connectivity index (χ1n) is 7.48. The number of nitrogens with zero attached hydrogens (tertiary/aromatic N) is 2. The maximum absolute atomic E-state index is 12.7. The number of aliphatic imine (C=N–C) groups is 1. The molecule has 0 bridgehead atoms. The molecule has 1 aliphatic heterocycles. The predicted octanol–water partition coefficient (Wildman–Crippen LogP) is 4.03. The molecule has 0 saturated heterocycles. The molecule has 0 aromatic heterocycles. The van der Waals surface area contributed by atoms with Crippen LogP contribution in [0.4, 0.5) is 0 Å². The number of benzene rings is 1. The molecule has 22 heavy (non-hydrogen) atoms. The molecular weight excluding hydrogens is 316 g/mol. The highest BCUT2D eigenvalue weighted by Crippen LogP contribution is 2.29. The highest BCUT2D eigenvalue weighted by molar-refractivity contribution is 7.81. The van der Waals surface area contributed by atoms with Gasteiger partial charge in [0.25, 0.3) is 0 Å². The van der Waals surface area contributed by atoms with Gasteiger partial charge in [0.1, 0.15) is 12.2 Å². The third-order valence-electron chi connectivity index (χ3n) is 3.94. The zero-order valence-electron chi connectivity index (χ0n) is 12.9. The second-order valence-electron chi connectivity index (χ2n) is 5.55. The van der Waals surface area contributed by atoms with E-state index in [2.05, 4.69) is 23.8 Å². The Labute approximate surface area is 142 Å². The lowest BCUT2D eigenvalue weighted by atomic mass is 9.99. The number of carbonyl (C=O) groups is 1. The summed E-state index contributed by atoms with van der Waals surface area (Å²) in [6.07, 6.45) is 8.31. The van der Waals surface area contributed by atoms with Crippen LogP contribution in [0, 0.1) is 6.20 Å². The van der Waals surface area contributed by atoms with Crippen LogP contribution in [-0.2, 0) is 11.2 Å². The zero-order chi connectivity index (χ0) is 16.2. The number of halogens is 1. The van der Waals surface area contributed by atoms with Crippen molar-refractivity contribution in [3.8, 4) is 0 Å². The van der Waals surface area contributed by atoms with Gasteiger partial charge in [-0.3, -0.25) is 0 Å². The van der Waals surface area contributed by atoms with Crippen molar-refractivity contribution in [3.05, 3.63) is 47.3 Å². The minimum atomic E-state index is -0.0928. The van der Waals surface area contributed by atoms with Gasteiger partial charge < -0.3 is 0 Å². The number of quaternary nitrogens is 1. The van der Waals surface area contributed by atoms with E-state index in [0.29, 0.717) is 17.9 Å². The van der Waals surface area contributed by atoms with Gasteiger partial charge in [-0.1, -0.05) is 36.7 Å². The number of thiol groups is 1. The summed E-state index contributed by atoms with van der Waals surface area (Å²) in [5, 5.41) is 0.699. The van der Waals surface area contributed by atoms with Crippen LogP contribution in [0.15, 0.2) is 35.5 Å². The van der Waals surface area contributed by atoms with E-state index in [4.69, 9.17) is 11.6 Å². The van der Waals surface area contributed by atoms with Crippen molar-refractivity contribution < 1.29 is 9.28 Å². The van der Waals surface area contributed by atoms with Crippen LogP contribution in [0.1, 0.15) is 32.3 Å². The van der Waals surface area contributed by atoms with Crippen molar-refractivity contribution in [1.82, 2.24) is 0 Å². The summed E-state index contributed by atoms with van der Waals surface area (Å²) in [6, 6.07) is 7.62. The van der Waals surface area contributed by atoms with Crippen molar-refractivity contribution in [1.29, 1.82) is 0 Å². The van der Waals surface area contributed by atoms with Gasteiger partial charge in [0.05, 0.1) is 11.7 Å². The minimum Gasteiger partial charge on any atom is -0.230 e. The molecule has 0 spiro atoms.